The summed E-state index contributed by atoms with van der Waals surface area (Å²) in [5.74, 6) is 0.366. The highest BCUT2D eigenvalue weighted by Crippen LogP contribution is 2.19. The summed E-state index contributed by atoms with van der Waals surface area (Å²) in [4.78, 5) is 18.1. The maximum atomic E-state index is 12.9. The second-order valence-corrected chi connectivity index (χ2v) is 5.31. The minimum Gasteiger partial charge on any atom is -0.489 e. The highest BCUT2D eigenvalue weighted by Gasteiger charge is 2.24. The van der Waals surface area contributed by atoms with E-state index in [0.717, 1.165) is 18.6 Å². The van der Waals surface area contributed by atoms with Crippen molar-refractivity contribution in [3.05, 3.63) is 60.2 Å². The predicted molar refractivity (Wildman–Crippen MR) is 80.2 cm³/mol. The molecule has 1 fully saturated rings. The summed E-state index contributed by atoms with van der Waals surface area (Å²) >= 11 is 0. The molecule has 1 aromatic heterocycles. The highest BCUT2D eigenvalue weighted by atomic mass is 19.1. The summed E-state index contributed by atoms with van der Waals surface area (Å²) in [6.07, 6.45) is 5.05. The molecule has 2 aromatic rings. The predicted octanol–water partition coefficient (Wildman–Crippen LogP) is 2.90. The minimum atomic E-state index is -0.333. The maximum Gasteiger partial charge on any atom is 0.253 e. The standard InChI is InChI=1S/C17H17FN2O2/c18-14-5-3-13(4-6-14)17(21)20-10-7-15(8-11-20)22-16-2-1-9-19-12-16/h1-6,9,12,15H,7-8,10-11H2. The van der Waals surface area contributed by atoms with Crippen molar-refractivity contribution in [1.82, 2.24) is 9.88 Å². The number of carbonyl (C=O) groups is 1. The van der Waals surface area contributed by atoms with E-state index < -0.39 is 0 Å². The number of carbonyl (C=O) groups excluding carboxylic acids is 1. The summed E-state index contributed by atoms with van der Waals surface area (Å²) in [7, 11) is 0. The Kier molecular flexibility index (Phi) is 4.32. The number of rotatable bonds is 3. The number of hydrogen-bond donors (Lipinski definition) is 0. The van der Waals surface area contributed by atoms with E-state index in [2.05, 4.69) is 4.98 Å². The SMILES string of the molecule is O=C(c1ccc(F)cc1)N1CCC(Oc2cccnc2)CC1. The molecule has 0 spiro atoms. The number of piperidine rings is 1. The third kappa shape index (κ3) is 3.42. The molecule has 22 heavy (non-hydrogen) atoms. The lowest BCUT2D eigenvalue weighted by molar-refractivity contribution is 0.0595. The molecule has 4 nitrogen and oxygen atoms in total. The van der Waals surface area contributed by atoms with Crippen molar-refractivity contribution >= 4 is 5.91 Å². The molecule has 1 aromatic carbocycles. The molecule has 0 bridgehead atoms. The van der Waals surface area contributed by atoms with Gasteiger partial charge in [0, 0.05) is 37.7 Å². The third-order valence-electron chi connectivity index (χ3n) is 3.76. The molecule has 3 rings (SSSR count). The number of pyridine rings is 1. The number of ether oxygens (including phenoxy) is 1. The number of nitrogens with zero attached hydrogens (tertiary/aromatic N) is 2. The molecule has 0 aliphatic carbocycles. The number of likely N-dealkylation sites (tertiary alicyclic amines) is 1. The molecule has 1 aliphatic heterocycles. The lowest BCUT2D eigenvalue weighted by Gasteiger charge is -2.32. The Morgan fingerprint density at radius 2 is 1.91 bits per heavy atom. The van der Waals surface area contributed by atoms with E-state index in [1.54, 1.807) is 17.3 Å². The molecule has 2 heterocycles. The Bertz CT molecular complexity index is 623. The lowest BCUT2D eigenvalue weighted by atomic mass is 10.1. The van der Waals surface area contributed by atoms with Gasteiger partial charge in [-0.1, -0.05) is 0 Å². The van der Waals surface area contributed by atoms with Crippen LogP contribution in [0.25, 0.3) is 0 Å². The first-order chi connectivity index (χ1) is 10.7. The molecular formula is C17H17FN2O2. The van der Waals surface area contributed by atoms with Crippen LogP contribution in [-0.4, -0.2) is 35.0 Å². The Morgan fingerprint density at radius 3 is 2.55 bits per heavy atom. The maximum absolute atomic E-state index is 12.9. The number of benzene rings is 1. The van der Waals surface area contributed by atoms with Crippen LogP contribution < -0.4 is 4.74 Å². The van der Waals surface area contributed by atoms with Gasteiger partial charge in [-0.25, -0.2) is 4.39 Å². The average Bonchev–Trinajstić information content (AvgIpc) is 2.57. The zero-order valence-electron chi connectivity index (χ0n) is 12.1. The second-order valence-electron chi connectivity index (χ2n) is 5.31. The Hall–Kier alpha value is -2.43. The van der Waals surface area contributed by atoms with Gasteiger partial charge in [-0.15, -0.1) is 0 Å². The topological polar surface area (TPSA) is 42.4 Å². The largest absolute Gasteiger partial charge is 0.489 e. The number of halogens is 1. The first-order valence-corrected chi connectivity index (χ1v) is 7.34. The van der Waals surface area contributed by atoms with E-state index in [0.29, 0.717) is 18.7 Å². The van der Waals surface area contributed by atoms with Crippen molar-refractivity contribution in [3.63, 3.8) is 0 Å². The zero-order chi connectivity index (χ0) is 15.4. The summed E-state index contributed by atoms with van der Waals surface area (Å²) in [6.45, 7) is 1.28. The fraction of sp³-hybridized carbons (Fsp3) is 0.294. The van der Waals surface area contributed by atoms with Crippen LogP contribution in [0.2, 0.25) is 0 Å². The van der Waals surface area contributed by atoms with Crippen molar-refractivity contribution in [3.8, 4) is 5.75 Å². The van der Waals surface area contributed by atoms with Crippen LogP contribution in [0.1, 0.15) is 23.2 Å². The van der Waals surface area contributed by atoms with Crippen LogP contribution in [0.5, 0.6) is 5.75 Å². The van der Waals surface area contributed by atoms with Crippen molar-refractivity contribution in [1.29, 1.82) is 0 Å². The summed E-state index contributed by atoms with van der Waals surface area (Å²) < 4.78 is 18.8. The van der Waals surface area contributed by atoms with Gasteiger partial charge in [0.15, 0.2) is 0 Å². The molecular weight excluding hydrogens is 283 g/mol. The molecule has 5 heteroatoms. The van der Waals surface area contributed by atoms with Gasteiger partial charge in [0.2, 0.25) is 0 Å². The molecule has 0 saturated carbocycles. The van der Waals surface area contributed by atoms with E-state index in [1.165, 1.54) is 24.3 Å². The monoisotopic (exact) mass is 300 g/mol. The van der Waals surface area contributed by atoms with Crippen LogP contribution >= 0.6 is 0 Å². The number of amides is 1. The second kappa shape index (κ2) is 6.56. The number of aromatic nitrogens is 1. The van der Waals surface area contributed by atoms with Gasteiger partial charge >= 0.3 is 0 Å². The lowest BCUT2D eigenvalue weighted by Crippen LogP contribution is -2.41. The zero-order valence-corrected chi connectivity index (χ0v) is 12.1. The minimum absolute atomic E-state index is 0.0557. The van der Waals surface area contributed by atoms with Crippen molar-refractivity contribution in [2.75, 3.05) is 13.1 Å². The molecule has 1 saturated heterocycles. The summed E-state index contributed by atoms with van der Waals surface area (Å²) in [6, 6.07) is 9.38. The molecule has 0 radical (unpaired) electrons. The Labute approximate surface area is 128 Å². The Balaban J connectivity index is 1.55. The van der Waals surface area contributed by atoms with Gasteiger partial charge in [-0.2, -0.15) is 0 Å². The molecule has 114 valence electrons. The first kappa shape index (κ1) is 14.5. The van der Waals surface area contributed by atoms with Crippen LogP contribution in [0.15, 0.2) is 48.8 Å². The highest BCUT2D eigenvalue weighted by molar-refractivity contribution is 5.94. The molecule has 1 aliphatic rings. The van der Waals surface area contributed by atoms with E-state index in [9.17, 15) is 9.18 Å². The van der Waals surface area contributed by atoms with Crippen LogP contribution in [0.4, 0.5) is 4.39 Å². The molecule has 0 unspecified atom stereocenters. The fourth-order valence-electron chi connectivity index (χ4n) is 2.56. The van der Waals surface area contributed by atoms with E-state index in [4.69, 9.17) is 4.74 Å². The molecule has 0 atom stereocenters. The summed E-state index contributed by atoms with van der Waals surface area (Å²) in [5.41, 5.74) is 0.521. The van der Waals surface area contributed by atoms with Crippen LogP contribution in [-0.2, 0) is 0 Å². The van der Waals surface area contributed by atoms with Gasteiger partial charge < -0.3 is 9.64 Å². The van der Waals surface area contributed by atoms with Crippen molar-refractivity contribution in [2.24, 2.45) is 0 Å². The Morgan fingerprint density at radius 1 is 1.18 bits per heavy atom. The van der Waals surface area contributed by atoms with Gasteiger partial charge in [0.1, 0.15) is 17.7 Å². The fourth-order valence-corrected chi connectivity index (χ4v) is 2.56. The van der Waals surface area contributed by atoms with E-state index in [1.807, 2.05) is 12.1 Å². The van der Waals surface area contributed by atoms with Gasteiger partial charge in [-0.05, 0) is 36.4 Å². The molecule has 1 amide bonds. The quantitative estimate of drug-likeness (QED) is 0.875. The van der Waals surface area contributed by atoms with E-state index >= 15 is 0 Å². The van der Waals surface area contributed by atoms with Gasteiger partial charge in [-0.3, -0.25) is 9.78 Å². The molecule has 0 N–H and O–H groups in total. The van der Waals surface area contributed by atoms with E-state index in [-0.39, 0.29) is 17.8 Å². The first-order valence-electron chi connectivity index (χ1n) is 7.34. The van der Waals surface area contributed by atoms with Gasteiger partial charge in [0.05, 0.1) is 6.20 Å². The van der Waals surface area contributed by atoms with Gasteiger partial charge in [0.25, 0.3) is 5.91 Å². The van der Waals surface area contributed by atoms with Crippen molar-refractivity contribution < 1.29 is 13.9 Å². The third-order valence-corrected chi connectivity index (χ3v) is 3.76. The number of hydrogen-bond acceptors (Lipinski definition) is 3. The average molecular weight is 300 g/mol. The van der Waals surface area contributed by atoms with Crippen molar-refractivity contribution in [2.45, 2.75) is 18.9 Å². The summed E-state index contributed by atoms with van der Waals surface area (Å²) in [5, 5.41) is 0. The van der Waals surface area contributed by atoms with Crippen LogP contribution in [0.3, 0.4) is 0 Å². The van der Waals surface area contributed by atoms with Crippen LogP contribution in [0, 0.1) is 5.82 Å². The smallest absolute Gasteiger partial charge is 0.253 e. The normalized spacial score (nSPS) is 15.6.